The SMILES string of the molecule is C#CC1CC(=O)N(c2cc(=O)cc[nH]2)C1. The Kier molecular flexibility index (Phi) is 2.30. The monoisotopic (exact) mass is 202 g/mol. The van der Waals surface area contributed by atoms with E-state index in [4.69, 9.17) is 6.42 Å². The number of terminal acetylenes is 1. The van der Waals surface area contributed by atoms with Crippen molar-refractivity contribution < 1.29 is 4.79 Å². The molecular weight excluding hydrogens is 192 g/mol. The molecular formula is C11H10N2O2. The number of aromatic nitrogens is 1. The van der Waals surface area contributed by atoms with Crippen LogP contribution in [-0.2, 0) is 4.79 Å². The van der Waals surface area contributed by atoms with E-state index in [-0.39, 0.29) is 17.3 Å². The highest BCUT2D eigenvalue weighted by Gasteiger charge is 2.29. The molecule has 0 spiro atoms. The Morgan fingerprint density at radius 3 is 2.93 bits per heavy atom. The van der Waals surface area contributed by atoms with Gasteiger partial charge in [-0.15, -0.1) is 12.3 Å². The van der Waals surface area contributed by atoms with Gasteiger partial charge in [-0.05, 0) is 0 Å². The number of nitrogens with one attached hydrogen (secondary N) is 1. The minimum Gasteiger partial charge on any atom is -0.348 e. The Hall–Kier alpha value is -2.02. The van der Waals surface area contributed by atoms with E-state index in [1.54, 1.807) is 0 Å². The first kappa shape index (κ1) is 9.53. The van der Waals surface area contributed by atoms with Crippen LogP contribution in [0.1, 0.15) is 6.42 Å². The zero-order chi connectivity index (χ0) is 10.8. The summed E-state index contributed by atoms with van der Waals surface area (Å²) in [6.07, 6.45) is 7.14. The fourth-order valence-corrected chi connectivity index (χ4v) is 1.64. The largest absolute Gasteiger partial charge is 0.348 e. The molecule has 4 heteroatoms. The molecule has 0 aliphatic carbocycles. The van der Waals surface area contributed by atoms with E-state index in [1.165, 1.54) is 23.2 Å². The Morgan fingerprint density at radius 2 is 2.33 bits per heavy atom. The van der Waals surface area contributed by atoms with Crippen molar-refractivity contribution >= 4 is 11.7 Å². The molecule has 1 aliphatic heterocycles. The molecule has 2 heterocycles. The first-order chi connectivity index (χ1) is 7.20. The number of rotatable bonds is 1. The van der Waals surface area contributed by atoms with Crippen LogP contribution in [-0.4, -0.2) is 17.4 Å². The van der Waals surface area contributed by atoms with Gasteiger partial charge in [0.05, 0.1) is 0 Å². The second kappa shape index (κ2) is 3.62. The fourth-order valence-electron chi connectivity index (χ4n) is 1.64. The maximum atomic E-state index is 11.6. The van der Waals surface area contributed by atoms with Crippen LogP contribution in [0.3, 0.4) is 0 Å². The molecule has 1 aromatic rings. The minimum atomic E-state index is -0.124. The number of nitrogens with zero attached hydrogens (tertiary/aromatic N) is 1. The third kappa shape index (κ3) is 1.77. The number of carbonyl (C=O) groups excluding carboxylic acids is 1. The lowest BCUT2D eigenvalue weighted by Crippen LogP contribution is -2.26. The maximum absolute atomic E-state index is 11.6. The van der Waals surface area contributed by atoms with Gasteiger partial charge in [-0.1, -0.05) is 0 Å². The maximum Gasteiger partial charge on any atom is 0.229 e. The van der Waals surface area contributed by atoms with E-state index in [0.717, 1.165) is 0 Å². The summed E-state index contributed by atoms with van der Waals surface area (Å²) in [5.41, 5.74) is -0.124. The number of aromatic amines is 1. The highest BCUT2D eigenvalue weighted by molar-refractivity contribution is 5.95. The third-order valence-corrected chi connectivity index (χ3v) is 2.41. The number of pyridine rings is 1. The molecule has 15 heavy (non-hydrogen) atoms. The second-order valence-corrected chi connectivity index (χ2v) is 3.48. The molecule has 0 bridgehead atoms. The lowest BCUT2D eigenvalue weighted by molar-refractivity contribution is -0.117. The number of H-pyrrole nitrogens is 1. The van der Waals surface area contributed by atoms with Gasteiger partial charge in [0.15, 0.2) is 5.43 Å². The zero-order valence-electron chi connectivity index (χ0n) is 8.06. The van der Waals surface area contributed by atoms with Crippen LogP contribution >= 0.6 is 0 Å². The van der Waals surface area contributed by atoms with Gasteiger partial charge < -0.3 is 4.98 Å². The Morgan fingerprint density at radius 1 is 1.53 bits per heavy atom. The van der Waals surface area contributed by atoms with E-state index in [9.17, 15) is 9.59 Å². The molecule has 1 fully saturated rings. The van der Waals surface area contributed by atoms with Gasteiger partial charge in [-0.25, -0.2) is 0 Å². The predicted molar refractivity (Wildman–Crippen MR) is 56.4 cm³/mol. The van der Waals surface area contributed by atoms with Gasteiger partial charge >= 0.3 is 0 Å². The second-order valence-electron chi connectivity index (χ2n) is 3.48. The quantitative estimate of drug-likeness (QED) is 0.668. The summed E-state index contributed by atoms with van der Waals surface area (Å²) in [5.74, 6) is 2.98. The van der Waals surface area contributed by atoms with Gasteiger partial charge in [0.25, 0.3) is 0 Å². The molecule has 1 amide bonds. The molecule has 1 N–H and O–H groups in total. The standard InChI is InChI=1S/C11H10N2O2/c1-2-8-5-11(15)13(7-8)10-6-9(14)3-4-12-10/h1,3-4,6,8H,5,7H2,(H,12,14). The number of anilines is 1. The molecule has 2 rings (SSSR count). The molecule has 0 radical (unpaired) electrons. The van der Waals surface area contributed by atoms with E-state index in [0.29, 0.717) is 18.8 Å². The van der Waals surface area contributed by atoms with Crippen LogP contribution in [0, 0.1) is 18.3 Å². The number of hydrogen-bond acceptors (Lipinski definition) is 2. The summed E-state index contributed by atoms with van der Waals surface area (Å²) in [5, 5.41) is 0. The molecule has 1 unspecified atom stereocenters. The number of amides is 1. The van der Waals surface area contributed by atoms with Crippen LogP contribution in [0.25, 0.3) is 0 Å². The number of hydrogen-bond donors (Lipinski definition) is 1. The highest BCUT2D eigenvalue weighted by Crippen LogP contribution is 2.21. The first-order valence-corrected chi connectivity index (χ1v) is 4.66. The van der Waals surface area contributed by atoms with Gasteiger partial charge in [0, 0.05) is 37.2 Å². The fraction of sp³-hybridized carbons (Fsp3) is 0.273. The molecule has 1 aliphatic rings. The van der Waals surface area contributed by atoms with Crippen molar-refractivity contribution in [2.75, 3.05) is 11.4 Å². The Labute approximate surface area is 86.9 Å². The van der Waals surface area contributed by atoms with Crippen molar-refractivity contribution in [3.63, 3.8) is 0 Å². The smallest absolute Gasteiger partial charge is 0.229 e. The van der Waals surface area contributed by atoms with E-state index < -0.39 is 0 Å². The topological polar surface area (TPSA) is 53.2 Å². The molecule has 1 aromatic heterocycles. The van der Waals surface area contributed by atoms with E-state index >= 15 is 0 Å². The molecule has 0 aromatic carbocycles. The Balaban J connectivity index is 2.30. The van der Waals surface area contributed by atoms with Gasteiger partial charge in [-0.3, -0.25) is 14.5 Å². The van der Waals surface area contributed by atoms with Gasteiger partial charge in [0.1, 0.15) is 5.82 Å². The lowest BCUT2D eigenvalue weighted by atomic mass is 10.1. The summed E-state index contributed by atoms with van der Waals surface area (Å²) in [6, 6.07) is 2.81. The van der Waals surface area contributed by atoms with Crippen molar-refractivity contribution in [3.05, 3.63) is 28.6 Å². The third-order valence-electron chi connectivity index (χ3n) is 2.41. The molecule has 1 atom stereocenters. The number of carbonyl (C=O) groups is 1. The van der Waals surface area contributed by atoms with Crippen molar-refractivity contribution in [1.82, 2.24) is 4.98 Å². The summed E-state index contributed by atoms with van der Waals surface area (Å²) >= 11 is 0. The summed E-state index contributed by atoms with van der Waals surface area (Å²) in [6.45, 7) is 0.481. The average molecular weight is 202 g/mol. The predicted octanol–water partition coefficient (Wildman–Crippen LogP) is 0.361. The summed E-state index contributed by atoms with van der Waals surface area (Å²) in [4.78, 5) is 27.1. The van der Waals surface area contributed by atoms with Crippen molar-refractivity contribution in [3.8, 4) is 12.3 Å². The van der Waals surface area contributed by atoms with Crippen LogP contribution in [0.15, 0.2) is 23.1 Å². The highest BCUT2D eigenvalue weighted by atomic mass is 16.2. The molecule has 0 saturated carbocycles. The van der Waals surface area contributed by atoms with Crippen molar-refractivity contribution in [1.29, 1.82) is 0 Å². The molecule has 1 saturated heterocycles. The van der Waals surface area contributed by atoms with Crippen molar-refractivity contribution in [2.45, 2.75) is 6.42 Å². The summed E-state index contributed by atoms with van der Waals surface area (Å²) < 4.78 is 0. The van der Waals surface area contributed by atoms with E-state index in [1.807, 2.05) is 0 Å². The zero-order valence-corrected chi connectivity index (χ0v) is 8.06. The van der Waals surface area contributed by atoms with E-state index in [2.05, 4.69) is 10.9 Å². The normalized spacial score (nSPS) is 20.3. The molecule has 4 nitrogen and oxygen atoms in total. The van der Waals surface area contributed by atoms with Crippen LogP contribution < -0.4 is 10.3 Å². The minimum absolute atomic E-state index is 0.0419. The summed E-state index contributed by atoms with van der Waals surface area (Å²) in [7, 11) is 0. The average Bonchev–Trinajstić information content (AvgIpc) is 2.60. The van der Waals surface area contributed by atoms with Crippen LogP contribution in [0.2, 0.25) is 0 Å². The first-order valence-electron chi connectivity index (χ1n) is 4.66. The van der Waals surface area contributed by atoms with Crippen LogP contribution in [0.4, 0.5) is 5.82 Å². The van der Waals surface area contributed by atoms with Crippen molar-refractivity contribution in [2.24, 2.45) is 5.92 Å². The molecule has 76 valence electrons. The lowest BCUT2D eigenvalue weighted by Gasteiger charge is -2.14. The van der Waals surface area contributed by atoms with Gasteiger partial charge in [0.2, 0.25) is 5.91 Å². The Bertz CT molecular complexity index is 484. The van der Waals surface area contributed by atoms with Gasteiger partial charge in [-0.2, -0.15) is 0 Å². The van der Waals surface area contributed by atoms with Crippen LogP contribution in [0.5, 0.6) is 0 Å².